The van der Waals surface area contributed by atoms with Gasteiger partial charge in [0, 0.05) is 5.38 Å². The Morgan fingerprint density at radius 3 is 2.67 bits per heavy atom. The van der Waals surface area contributed by atoms with Crippen LogP contribution in [0.5, 0.6) is 0 Å². The van der Waals surface area contributed by atoms with Crippen LogP contribution in [0.3, 0.4) is 0 Å². The van der Waals surface area contributed by atoms with Crippen molar-refractivity contribution in [2.45, 2.75) is 32.9 Å². The van der Waals surface area contributed by atoms with Gasteiger partial charge in [0.15, 0.2) is 5.69 Å². The number of hydrogen-bond donors (Lipinski definition) is 2. The first-order chi connectivity index (χ1) is 8.28. The fraction of sp³-hybridized carbons (Fsp3) is 0.545. The molecular formula is C11H16N2O4S. The van der Waals surface area contributed by atoms with Gasteiger partial charge in [0.25, 0.3) is 0 Å². The molecule has 0 aliphatic rings. The molecule has 1 aromatic rings. The fourth-order valence-corrected chi connectivity index (χ4v) is 1.71. The third-order valence-corrected chi connectivity index (χ3v) is 2.69. The van der Waals surface area contributed by atoms with Gasteiger partial charge in [-0.2, -0.15) is 0 Å². The second-order valence-corrected chi connectivity index (χ2v) is 5.55. The lowest BCUT2D eigenvalue weighted by atomic mass is 10.2. The van der Waals surface area contributed by atoms with Crippen LogP contribution in [-0.4, -0.2) is 34.2 Å². The van der Waals surface area contributed by atoms with E-state index in [2.05, 4.69) is 10.3 Å². The van der Waals surface area contributed by atoms with Gasteiger partial charge in [0.05, 0.1) is 12.1 Å². The Balaban J connectivity index is 2.36. The number of amides is 1. The summed E-state index contributed by atoms with van der Waals surface area (Å²) in [6.07, 6.45) is 0. The van der Waals surface area contributed by atoms with Crippen molar-refractivity contribution in [3.8, 4) is 0 Å². The zero-order chi connectivity index (χ0) is 13.8. The minimum atomic E-state index is -1.07. The molecule has 0 aromatic carbocycles. The third kappa shape index (κ3) is 5.24. The van der Waals surface area contributed by atoms with Crippen molar-refractivity contribution in [3.05, 3.63) is 16.1 Å². The van der Waals surface area contributed by atoms with Crippen LogP contribution in [-0.2, 0) is 16.1 Å². The molecule has 7 heteroatoms. The molecule has 100 valence electrons. The molecule has 0 aliphatic heterocycles. The molecule has 1 rings (SSSR count). The van der Waals surface area contributed by atoms with Gasteiger partial charge >= 0.3 is 5.97 Å². The predicted octanol–water partition coefficient (Wildman–Crippen LogP) is 1.27. The summed E-state index contributed by atoms with van der Waals surface area (Å²) in [5, 5.41) is 13.3. The highest BCUT2D eigenvalue weighted by Crippen LogP contribution is 2.09. The number of hydrogen-bond acceptors (Lipinski definition) is 5. The Kier molecular flexibility index (Phi) is 4.80. The summed E-state index contributed by atoms with van der Waals surface area (Å²) in [5.41, 5.74) is -0.371. The maximum absolute atomic E-state index is 11.4. The van der Waals surface area contributed by atoms with Crippen LogP contribution in [0, 0.1) is 0 Å². The minimum Gasteiger partial charge on any atom is -0.476 e. The van der Waals surface area contributed by atoms with Crippen LogP contribution >= 0.6 is 11.3 Å². The number of aromatic carboxylic acids is 1. The average molecular weight is 272 g/mol. The lowest BCUT2D eigenvalue weighted by molar-refractivity contribution is -0.130. The highest BCUT2D eigenvalue weighted by molar-refractivity contribution is 7.09. The van der Waals surface area contributed by atoms with E-state index in [0.717, 1.165) is 0 Å². The molecule has 0 spiro atoms. The van der Waals surface area contributed by atoms with Gasteiger partial charge in [0.1, 0.15) is 11.6 Å². The second kappa shape index (κ2) is 5.92. The number of rotatable bonds is 5. The quantitative estimate of drug-likeness (QED) is 0.842. The van der Waals surface area contributed by atoms with E-state index < -0.39 is 5.97 Å². The zero-order valence-corrected chi connectivity index (χ0v) is 11.3. The maximum Gasteiger partial charge on any atom is 0.355 e. The summed E-state index contributed by atoms with van der Waals surface area (Å²) < 4.78 is 5.30. The summed E-state index contributed by atoms with van der Waals surface area (Å²) in [4.78, 5) is 25.9. The van der Waals surface area contributed by atoms with Gasteiger partial charge in [-0.25, -0.2) is 9.78 Å². The van der Waals surface area contributed by atoms with Crippen molar-refractivity contribution in [1.82, 2.24) is 10.3 Å². The van der Waals surface area contributed by atoms with E-state index in [1.54, 1.807) is 0 Å². The number of ether oxygens (including phenoxy) is 1. The van der Waals surface area contributed by atoms with Gasteiger partial charge in [0.2, 0.25) is 5.91 Å². The largest absolute Gasteiger partial charge is 0.476 e. The Hall–Kier alpha value is -1.47. The van der Waals surface area contributed by atoms with Crippen molar-refractivity contribution in [1.29, 1.82) is 0 Å². The summed E-state index contributed by atoms with van der Waals surface area (Å²) in [5.74, 6) is -1.32. The Morgan fingerprint density at radius 1 is 1.50 bits per heavy atom. The normalized spacial score (nSPS) is 11.3. The number of carboxylic acids is 1. The number of carbonyl (C=O) groups is 2. The molecule has 0 fully saturated rings. The molecule has 1 aromatic heterocycles. The van der Waals surface area contributed by atoms with Crippen LogP contribution < -0.4 is 5.32 Å². The molecule has 0 bridgehead atoms. The monoisotopic (exact) mass is 272 g/mol. The highest BCUT2D eigenvalue weighted by Gasteiger charge is 2.13. The standard InChI is InChI=1S/C11H16N2O4S/c1-11(2,3)17-5-8(14)12-4-9-13-7(6-18-9)10(15)16/h6H,4-5H2,1-3H3,(H,12,14)(H,15,16). The van der Waals surface area contributed by atoms with Crippen molar-refractivity contribution in [2.75, 3.05) is 6.61 Å². The molecule has 0 saturated heterocycles. The molecule has 18 heavy (non-hydrogen) atoms. The number of carbonyl (C=O) groups excluding carboxylic acids is 1. The van der Waals surface area contributed by atoms with E-state index in [1.165, 1.54) is 16.7 Å². The number of carboxylic acid groups (broad SMARTS) is 1. The molecule has 0 radical (unpaired) electrons. The Morgan fingerprint density at radius 2 is 2.17 bits per heavy atom. The van der Waals surface area contributed by atoms with Crippen LogP contribution in [0.4, 0.5) is 0 Å². The van der Waals surface area contributed by atoms with Crippen LogP contribution in [0.15, 0.2) is 5.38 Å². The van der Waals surface area contributed by atoms with Crippen LogP contribution in [0.2, 0.25) is 0 Å². The van der Waals surface area contributed by atoms with E-state index >= 15 is 0 Å². The Labute approximate surface area is 109 Å². The van der Waals surface area contributed by atoms with Crippen LogP contribution in [0.25, 0.3) is 0 Å². The summed E-state index contributed by atoms with van der Waals surface area (Å²) in [7, 11) is 0. The Bertz CT molecular complexity index is 436. The van der Waals surface area contributed by atoms with E-state index in [9.17, 15) is 9.59 Å². The molecule has 0 aliphatic carbocycles. The number of nitrogens with zero attached hydrogens (tertiary/aromatic N) is 1. The first-order valence-corrected chi connectivity index (χ1v) is 6.24. The first-order valence-electron chi connectivity index (χ1n) is 5.36. The van der Waals surface area contributed by atoms with Gasteiger partial charge < -0.3 is 15.2 Å². The molecular weight excluding hydrogens is 256 g/mol. The van der Waals surface area contributed by atoms with Gasteiger partial charge in [-0.3, -0.25) is 4.79 Å². The van der Waals surface area contributed by atoms with Crippen molar-refractivity contribution in [2.24, 2.45) is 0 Å². The van der Waals surface area contributed by atoms with Crippen molar-refractivity contribution < 1.29 is 19.4 Å². The molecule has 0 unspecified atom stereocenters. The average Bonchev–Trinajstić information content (AvgIpc) is 2.71. The lowest BCUT2D eigenvalue weighted by Gasteiger charge is -2.18. The summed E-state index contributed by atoms with van der Waals surface area (Å²) >= 11 is 1.20. The molecule has 1 heterocycles. The van der Waals surface area contributed by atoms with Gasteiger partial charge in [-0.05, 0) is 20.8 Å². The molecule has 6 nitrogen and oxygen atoms in total. The van der Waals surface area contributed by atoms with Gasteiger partial charge in [-0.15, -0.1) is 11.3 Å². The number of thiazole rings is 1. The van der Waals surface area contributed by atoms with E-state index in [0.29, 0.717) is 5.01 Å². The molecule has 1 amide bonds. The predicted molar refractivity (Wildman–Crippen MR) is 66.6 cm³/mol. The summed E-state index contributed by atoms with van der Waals surface area (Å²) in [6, 6.07) is 0. The van der Waals surface area contributed by atoms with Crippen molar-refractivity contribution >= 4 is 23.2 Å². The first kappa shape index (κ1) is 14.6. The maximum atomic E-state index is 11.4. The topological polar surface area (TPSA) is 88.5 Å². The van der Waals surface area contributed by atoms with Crippen molar-refractivity contribution in [3.63, 3.8) is 0 Å². The van der Waals surface area contributed by atoms with E-state index in [4.69, 9.17) is 9.84 Å². The highest BCUT2D eigenvalue weighted by atomic mass is 32.1. The van der Waals surface area contributed by atoms with E-state index in [-0.39, 0.29) is 30.4 Å². The SMILES string of the molecule is CC(C)(C)OCC(=O)NCc1nc(C(=O)O)cs1. The van der Waals surface area contributed by atoms with E-state index in [1.807, 2.05) is 20.8 Å². The molecule has 0 atom stereocenters. The summed E-state index contributed by atoms with van der Waals surface area (Å²) in [6.45, 7) is 5.77. The van der Waals surface area contributed by atoms with Gasteiger partial charge in [-0.1, -0.05) is 0 Å². The fourth-order valence-electron chi connectivity index (χ4n) is 0.998. The zero-order valence-electron chi connectivity index (χ0n) is 10.5. The third-order valence-electron chi connectivity index (χ3n) is 1.84. The van der Waals surface area contributed by atoms with Crippen LogP contribution in [0.1, 0.15) is 36.3 Å². The minimum absolute atomic E-state index is 0.00445. The number of aromatic nitrogens is 1. The number of nitrogens with one attached hydrogen (secondary N) is 1. The molecule has 2 N–H and O–H groups in total. The smallest absolute Gasteiger partial charge is 0.355 e. The lowest BCUT2D eigenvalue weighted by Crippen LogP contribution is -2.31. The second-order valence-electron chi connectivity index (χ2n) is 4.61. The molecule has 0 saturated carbocycles.